The van der Waals surface area contributed by atoms with E-state index in [4.69, 9.17) is 0 Å². The van der Waals surface area contributed by atoms with Crippen molar-refractivity contribution in [3.05, 3.63) is 16.1 Å². The highest BCUT2D eigenvalue weighted by molar-refractivity contribution is 7.09. The largest absolute Gasteiger partial charge is 0.315 e. The zero-order chi connectivity index (χ0) is 12.0. The van der Waals surface area contributed by atoms with Gasteiger partial charge in [-0.15, -0.1) is 11.3 Å². The van der Waals surface area contributed by atoms with Crippen molar-refractivity contribution >= 4 is 11.3 Å². The molecule has 0 aromatic carbocycles. The summed E-state index contributed by atoms with van der Waals surface area (Å²) < 4.78 is 0. The average Bonchev–Trinajstić information content (AvgIpc) is 2.65. The molecule has 16 heavy (non-hydrogen) atoms. The number of hydrogen-bond donors (Lipinski definition) is 1. The lowest BCUT2D eigenvalue weighted by molar-refractivity contribution is 0.220. The molecule has 4 heteroatoms. The van der Waals surface area contributed by atoms with E-state index in [2.05, 4.69) is 48.4 Å². The molecule has 92 valence electrons. The van der Waals surface area contributed by atoms with E-state index < -0.39 is 0 Å². The molecule has 0 fully saturated rings. The average molecular weight is 241 g/mol. The lowest BCUT2D eigenvalue weighted by Crippen LogP contribution is -2.39. The maximum absolute atomic E-state index is 4.50. The molecule has 0 saturated carbocycles. The fraction of sp³-hybridized carbons (Fsp3) is 0.750. The van der Waals surface area contributed by atoms with Crippen LogP contribution in [0.3, 0.4) is 0 Å². The predicted octanol–water partition coefficient (Wildman–Crippen LogP) is 2.27. The van der Waals surface area contributed by atoms with E-state index in [9.17, 15) is 0 Å². The Morgan fingerprint density at radius 1 is 1.50 bits per heavy atom. The van der Waals surface area contributed by atoms with Gasteiger partial charge in [-0.3, -0.25) is 4.90 Å². The summed E-state index contributed by atoms with van der Waals surface area (Å²) in [6, 6.07) is 0.599. The Bertz CT molecular complexity index is 298. The molecule has 1 rings (SSSR count). The van der Waals surface area contributed by atoms with Gasteiger partial charge in [0.25, 0.3) is 0 Å². The number of thiazole rings is 1. The summed E-state index contributed by atoms with van der Waals surface area (Å²) in [5, 5.41) is 6.73. The van der Waals surface area contributed by atoms with Gasteiger partial charge in [0.2, 0.25) is 0 Å². The van der Waals surface area contributed by atoms with Gasteiger partial charge in [-0.2, -0.15) is 0 Å². The van der Waals surface area contributed by atoms with E-state index >= 15 is 0 Å². The molecular formula is C12H23N3S. The Labute approximate surface area is 103 Å². The third-order valence-electron chi connectivity index (χ3n) is 2.80. The molecule has 3 nitrogen and oxygen atoms in total. The zero-order valence-corrected chi connectivity index (χ0v) is 11.6. The van der Waals surface area contributed by atoms with Crippen LogP contribution in [0.15, 0.2) is 5.38 Å². The molecule has 1 aromatic heterocycles. The minimum atomic E-state index is 0.599. The van der Waals surface area contributed by atoms with Crippen LogP contribution in [0.4, 0.5) is 0 Å². The number of rotatable bonds is 7. The van der Waals surface area contributed by atoms with E-state index in [1.54, 1.807) is 11.3 Å². The zero-order valence-electron chi connectivity index (χ0n) is 10.8. The van der Waals surface area contributed by atoms with Crippen LogP contribution in [0.1, 0.15) is 31.0 Å². The normalized spacial score (nSPS) is 13.3. The SMILES string of the molecule is CCNCC(CC)N(C)Cc1csc(C)n1. The second kappa shape index (κ2) is 6.99. The number of nitrogens with one attached hydrogen (secondary N) is 1. The maximum atomic E-state index is 4.50. The maximum Gasteiger partial charge on any atom is 0.0897 e. The third kappa shape index (κ3) is 4.20. The first kappa shape index (κ1) is 13.6. The molecule has 1 heterocycles. The van der Waals surface area contributed by atoms with Crippen LogP contribution >= 0.6 is 11.3 Å². The van der Waals surface area contributed by atoms with E-state index in [1.807, 2.05) is 0 Å². The monoisotopic (exact) mass is 241 g/mol. The molecule has 0 aliphatic rings. The quantitative estimate of drug-likeness (QED) is 0.794. The molecule has 0 aliphatic carbocycles. The fourth-order valence-electron chi connectivity index (χ4n) is 1.79. The topological polar surface area (TPSA) is 28.2 Å². The van der Waals surface area contributed by atoms with Gasteiger partial charge in [0.1, 0.15) is 0 Å². The van der Waals surface area contributed by atoms with E-state index in [-0.39, 0.29) is 0 Å². The fourth-order valence-corrected chi connectivity index (χ4v) is 2.39. The summed E-state index contributed by atoms with van der Waals surface area (Å²) in [4.78, 5) is 6.89. The number of likely N-dealkylation sites (N-methyl/N-ethyl adjacent to an activating group) is 2. The standard InChI is InChI=1S/C12H23N3S/c1-5-12(7-13-6-2)15(4)8-11-9-16-10(3)14-11/h9,12-13H,5-8H2,1-4H3. The van der Waals surface area contributed by atoms with Crippen LogP contribution in [0.25, 0.3) is 0 Å². The van der Waals surface area contributed by atoms with Gasteiger partial charge < -0.3 is 5.32 Å². The highest BCUT2D eigenvalue weighted by Gasteiger charge is 2.13. The molecule has 0 aliphatic heterocycles. The second-order valence-corrected chi connectivity index (χ2v) is 5.20. The van der Waals surface area contributed by atoms with Crippen molar-refractivity contribution < 1.29 is 0 Å². The lowest BCUT2D eigenvalue weighted by atomic mass is 10.2. The molecule has 0 radical (unpaired) electrons. The summed E-state index contributed by atoms with van der Waals surface area (Å²) in [7, 11) is 2.18. The summed E-state index contributed by atoms with van der Waals surface area (Å²) in [5.74, 6) is 0. The minimum absolute atomic E-state index is 0.599. The first-order valence-corrected chi connectivity index (χ1v) is 6.87. The Kier molecular flexibility index (Phi) is 5.95. The van der Waals surface area contributed by atoms with Gasteiger partial charge in [-0.05, 0) is 26.9 Å². The van der Waals surface area contributed by atoms with Gasteiger partial charge in [-0.1, -0.05) is 13.8 Å². The first-order valence-electron chi connectivity index (χ1n) is 5.99. The molecule has 0 amide bonds. The van der Waals surface area contributed by atoms with Crippen LogP contribution in [-0.2, 0) is 6.54 Å². The highest BCUT2D eigenvalue weighted by atomic mass is 32.1. The van der Waals surface area contributed by atoms with Crippen LogP contribution in [0.5, 0.6) is 0 Å². The van der Waals surface area contributed by atoms with Crippen molar-refractivity contribution in [1.82, 2.24) is 15.2 Å². The van der Waals surface area contributed by atoms with Gasteiger partial charge in [0.05, 0.1) is 10.7 Å². The van der Waals surface area contributed by atoms with Crippen LogP contribution in [0, 0.1) is 6.92 Å². The second-order valence-electron chi connectivity index (χ2n) is 4.14. The smallest absolute Gasteiger partial charge is 0.0897 e. The van der Waals surface area contributed by atoms with E-state index in [0.29, 0.717) is 6.04 Å². The van der Waals surface area contributed by atoms with Gasteiger partial charge >= 0.3 is 0 Å². The van der Waals surface area contributed by atoms with Crippen molar-refractivity contribution in [1.29, 1.82) is 0 Å². The predicted molar refractivity (Wildman–Crippen MR) is 70.9 cm³/mol. The molecule has 1 atom stereocenters. The number of aryl methyl sites for hydroxylation is 1. The van der Waals surface area contributed by atoms with Crippen molar-refractivity contribution in [2.24, 2.45) is 0 Å². The molecule has 1 N–H and O–H groups in total. The molecular weight excluding hydrogens is 218 g/mol. The van der Waals surface area contributed by atoms with Crippen molar-refractivity contribution in [2.45, 2.75) is 39.8 Å². The minimum Gasteiger partial charge on any atom is -0.315 e. The molecule has 0 bridgehead atoms. The Morgan fingerprint density at radius 2 is 2.25 bits per heavy atom. The molecule has 1 aromatic rings. The Hall–Kier alpha value is -0.450. The van der Waals surface area contributed by atoms with Crippen LogP contribution in [-0.4, -0.2) is 36.1 Å². The Balaban J connectivity index is 2.45. The van der Waals surface area contributed by atoms with Gasteiger partial charge in [-0.25, -0.2) is 4.98 Å². The third-order valence-corrected chi connectivity index (χ3v) is 3.62. The number of aromatic nitrogens is 1. The van der Waals surface area contributed by atoms with Crippen molar-refractivity contribution in [3.8, 4) is 0 Å². The molecule has 0 saturated heterocycles. The summed E-state index contributed by atoms with van der Waals surface area (Å²) in [5.41, 5.74) is 1.19. The van der Waals surface area contributed by atoms with Crippen molar-refractivity contribution in [3.63, 3.8) is 0 Å². The number of nitrogens with zero attached hydrogens (tertiary/aromatic N) is 2. The molecule has 0 spiro atoms. The van der Waals surface area contributed by atoms with Crippen LogP contribution in [0.2, 0.25) is 0 Å². The molecule has 1 unspecified atom stereocenters. The lowest BCUT2D eigenvalue weighted by Gasteiger charge is -2.26. The van der Waals surface area contributed by atoms with E-state index in [1.165, 1.54) is 12.1 Å². The van der Waals surface area contributed by atoms with Crippen LogP contribution < -0.4 is 5.32 Å². The first-order chi connectivity index (χ1) is 7.67. The van der Waals surface area contributed by atoms with Gasteiger partial charge in [0, 0.05) is 24.5 Å². The summed E-state index contributed by atoms with van der Waals surface area (Å²) in [6.45, 7) is 9.51. The number of hydrogen-bond acceptors (Lipinski definition) is 4. The summed E-state index contributed by atoms with van der Waals surface area (Å²) in [6.07, 6.45) is 1.17. The Morgan fingerprint density at radius 3 is 2.75 bits per heavy atom. The van der Waals surface area contributed by atoms with Gasteiger partial charge in [0.15, 0.2) is 0 Å². The summed E-state index contributed by atoms with van der Waals surface area (Å²) >= 11 is 1.73. The highest BCUT2D eigenvalue weighted by Crippen LogP contribution is 2.12. The van der Waals surface area contributed by atoms with E-state index in [0.717, 1.165) is 24.6 Å². The van der Waals surface area contributed by atoms with Crippen molar-refractivity contribution in [2.75, 3.05) is 20.1 Å².